The summed E-state index contributed by atoms with van der Waals surface area (Å²) in [6, 6.07) is 5.70. The van der Waals surface area contributed by atoms with E-state index in [4.69, 9.17) is 9.84 Å². The van der Waals surface area contributed by atoms with Crippen LogP contribution in [0.25, 0.3) is 6.08 Å². The molecule has 0 saturated heterocycles. The van der Waals surface area contributed by atoms with Gasteiger partial charge in [0, 0.05) is 31.3 Å². The van der Waals surface area contributed by atoms with Crippen LogP contribution in [-0.4, -0.2) is 27.5 Å². The molecular weight excluding hydrogens is 268 g/mol. The second-order valence-corrected chi connectivity index (χ2v) is 4.83. The Kier molecular flexibility index (Phi) is 4.77. The van der Waals surface area contributed by atoms with Crippen molar-refractivity contribution in [3.8, 4) is 5.75 Å². The average molecular weight is 286 g/mol. The quantitative estimate of drug-likeness (QED) is 0.828. The Labute approximate surface area is 123 Å². The number of nitrogens with zero attached hydrogens (tertiary/aromatic N) is 2. The van der Waals surface area contributed by atoms with Crippen LogP contribution in [-0.2, 0) is 18.3 Å². The molecule has 110 valence electrons. The highest BCUT2D eigenvalue weighted by atomic mass is 16.5. The predicted octanol–water partition coefficient (Wildman–Crippen LogP) is 2.45. The number of carboxylic acids is 1. The molecule has 0 unspecified atom stereocenters. The van der Waals surface area contributed by atoms with Crippen LogP contribution < -0.4 is 4.74 Å². The van der Waals surface area contributed by atoms with E-state index in [0.717, 1.165) is 29.2 Å². The molecule has 0 bridgehead atoms. The van der Waals surface area contributed by atoms with Crippen molar-refractivity contribution in [3.05, 3.63) is 53.4 Å². The molecule has 2 aromatic rings. The number of rotatable bonds is 6. The fraction of sp³-hybridized carbons (Fsp3) is 0.250. The first kappa shape index (κ1) is 14.8. The second kappa shape index (κ2) is 6.74. The number of aliphatic carboxylic acids is 1. The third-order valence-corrected chi connectivity index (χ3v) is 2.98. The van der Waals surface area contributed by atoms with Crippen molar-refractivity contribution in [2.24, 2.45) is 7.05 Å². The van der Waals surface area contributed by atoms with Crippen molar-refractivity contribution in [1.82, 2.24) is 9.78 Å². The lowest BCUT2D eigenvalue weighted by molar-refractivity contribution is -0.131. The van der Waals surface area contributed by atoms with Crippen molar-refractivity contribution in [2.45, 2.75) is 13.3 Å². The van der Waals surface area contributed by atoms with Gasteiger partial charge in [0.1, 0.15) is 5.75 Å². The molecular formula is C16H18N2O3. The number of aromatic nitrogens is 2. The number of aryl methyl sites for hydroxylation is 2. The van der Waals surface area contributed by atoms with Gasteiger partial charge in [-0.25, -0.2) is 4.79 Å². The van der Waals surface area contributed by atoms with E-state index >= 15 is 0 Å². The van der Waals surface area contributed by atoms with Crippen LogP contribution in [0, 0.1) is 6.92 Å². The Morgan fingerprint density at radius 2 is 2.29 bits per heavy atom. The molecule has 0 spiro atoms. The minimum atomic E-state index is -0.974. The molecule has 0 amide bonds. The van der Waals surface area contributed by atoms with Gasteiger partial charge >= 0.3 is 5.97 Å². The molecule has 0 fully saturated rings. The maximum absolute atomic E-state index is 10.6. The van der Waals surface area contributed by atoms with Gasteiger partial charge in [0.2, 0.25) is 0 Å². The molecule has 1 aromatic heterocycles. The Morgan fingerprint density at radius 3 is 2.95 bits per heavy atom. The molecule has 1 heterocycles. The van der Waals surface area contributed by atoms with Gasteiger partial charge in [0.05, 0.1) is 12.8 Å². The molecule has 5 heteroatoms. The first-order chi connectivity index (χ1) is 10.0. The lowest BCUT2D eigenvalue weighted by atomic mass is 10.1. The van der Waals surface area contributed by atoms with E-state index in [0.29, 0.717) is 12.4 Å². The smallest absolute Gasteiger partial charge is 0.328 e. The third-order valence-electron chi connectivity index (χ3n) is 2.98. The van der Waals surface area contributed by atoms with Gasteiger partial charge in [0.15, 0.2) is 0 Å². The maximum atomic E-state index is 10.6. The van der Waals surface area contributed by atoms with Gasteiger partial charge in [-0.1, -0.05) is 11.6 Å². The summed E-state index contributed by atoms with van der Waals surface area (Å²) in [6.45, 7) is 2.47. The summed E-state index contributed by atoms with van der Waals surface area (Å²) in [7, 11) is 1.87. The summed E-state index contributed by atoms with van der Waals surface area (Å²) in [5.74, 6) is -0.292. The van der Waals surface area contributed by atoms with E-state index in [2.05, 4.69) is 5.10 Å². The molecule has 0 atom stereocenters. The maximum Gasteiger partial charge on any atom is 0.328 e. The molecule has 0 aliphatic heterocycles. The van der Waals surface area contributed by atoms with Crippen LogP contribution in [0.5, 0.6) is 5.75 Å². The SMILES string of the molecule is Cc1ccc(OCCc2cnn(C)c2)c(/C=C/C(=O)O)c1. The number of hydrogen-bond donors (Lipinski definition) is 1. The minimum Gasteiger partial charge on any atom is -0.493 e. The fourth-order valence-corrected chi connectivity index (χ4v) is 1.97. The summed E-state index contributed by atoms with van der Waals surface area (Å²) in [6.07, 6.45) is 7.18. The lowest BCUT2D eigenvalue weighted by Gasteiger charge is -2.09. The average Bonchev–Trinajstić information content (AvgIpc) is 2.84. The Balaban J connectivity index is 2.03. The van der Waals surface area contributed by atoms with Crippen LogP contribution in [0.15, 0.2) is 36.7 Å². The van der Waals surface area contributed by atoms with E-state index in [1.165, 1.54) is 0 Å². The van der Waals surface area contributed by atoms with E-state index in [1.807, 2.05) is 44.6 Å². The van der Waals surface area contributed by atoms with Gasteiger partial charge in [-0.3, -0.25) is 4.68 Å². The van der Waals surface area contributed by atoms with E-state index in [-0.39, 0.29) is 0 Å². The molecule has 0 saturated carbocycles. The standard InChI is InChI=1S/C16H18N2O3/c1-12-3-5-15(14(9-12)4-6-16(19)20)21-8-7-13-10-17-18(2)11-13/h3-6,9-11H,7-8H2,1-2H3,(H,19,20)/b6-4+. The third kappa shape index (κ3) is 4.49. The summed E-state index contributed by atoms with van der Waals surface area (Å²) in [5, 5.41) is 12.8. The summed E-state index contributed by atoms with van der Waals surface area (Å²) < 4.78 is 7.51. The zero-order valence-electron chi connectivity index (χ0n) is 12.1. The van der Waals surface area contributed by atoms with Gasteiger partial charge in [-0.2, -0.15) is 5.10 Å². The van der Waals surface area contributed by atoms with Crippen LogP contribution in [0.3, 0.4) is 0 Å². The monoisotopic (exact) mass is 286 g/mol. The molecule has 1 aromatic carbocycles. The lowest BCUT2D eigenvalue weighted by Crippen LogP contribution is -2.02. The Hall–Kier alpha value is -2.56. The van der Waals surface area contributed by atoms with Crippen molar-refractivity contribution in [1.29, 1.82) is 0 Å². The molecule has 0 aliphatic carbocycles. The van der Waals surface area contributed by atoms with Crippen LogP contribution in [0.1, 0.15) is 16.7 Å². The number of hydrogen-bond acceptors (Lipinski definition) is 3. The number of carboxylic acid groups (broad SMARTS) is 1. The summed E-state index contributed by atoms with van der Waals surface area (Å²) >= 11 is 0. The molecule has 1 N–H and O–H groups in total. The minimum absolute atomic E-state index is 0.517. The van der Waals surface area contributed by atoms with Gasteiger partial charge in [-0.05, 0) is 30.7 Å². The van der Waals surface area contributed by atoms with E-state index in [9.17, 15) is 4.79 Å². The van der Waals surface area contributed by atoms with Gasteiger partial charge in [-0.15, -0.1) is 0 Å². The Bertz CT molecular complexity index is 659. The fourth-order valence-electron chi connectivity index (χ4n) is 1.97. The van der Waals surface area contributed by atoms with Crippen molar-refractivity contribution in [2.75, 3.05) is 6.61 Å². The first-order valence-corrected chi connectivity index (χ1v) is 6.66. The largest absolute Gasteiger partial charge is 0.493 e. The van der Waals surface area contributed by atoms with Crippen molar-refractivity contribution >= 4 is 12.0 Å². The normalized spacial score (nSPS) is 11.0. The van der Waals surface area contributed by atoms with Crippen LogP contribution >= 0.6 is 0 Å². The van der Waals surface area contributed by atoms with Crippen molar-refractivity contribution in [3.63, 3.8) is 0 Å². The Morgan fingerprint density at radius 1 is 1.48 bits per heavy atom. The summed E-state index contributed by atoms with van der Waals surface area (Å²) in [5.41, 5.74) is 2.93. The molecule has 0 aliphatic rings. The summed E-state index contributed by atoms with van der Waals surface area (Å²) in [4.78, 5) is 10.6. The van der Waals surface area contributed by atoms with Gasteiger partial charge in [0.25, 0.3) is 0 Å². The predicted molar refractivity (Wildman–Crippen MR) is 80.3 cm³/mol. The van der Waals surface area contributed by atoms with E-state index in [1.54, 1.807) is 10.8 Å². The van der Waals surface area contributed by atoms with Crippen LogP contribution in [0.4, 0.5) is 0 Å². The number of ether oxygens (including phenoxy) is 1. The number of benzene rings is 1. The topological polar surface area (TPSA) is 64.4 Å². The van der Waals surface area contributed by atoms with Crippen molar-refractivity contribution < 1.29 is 14.6 Å². The molecule has 0 radical (unpaired) electrons. The first-order valence-electron chi connectivity index (χ1n) is 6.66. The van der Waals surface area contributed by atoms with Crippen LogP contribution in [0.2, 0.25) is 0 Å². The molecule has 2 rings (SSSR count). The number of carbonyl (C=O) groups is 1. The highest BCUT2D eigenvalue weighted by Crippen LogP contribution is 2.21. The highest BCUT2D eigenvalue weighted by Gasteiger charge is 2.03. The molecule has 21 heavy (non-hydrogen) atoms. The van der Waals surface area contributed by atoms with E-state index < -0.39 is 5.97 Å². The zero-order valence-corrected chi connectivity index (χ0v) is 12.1. The highest BCUT2D eigenvalue weighted by molar-refractivity contribution is 5.85. The van der Waals surface area contributed by atoms with Gasteiger partial charge < -0.3 is 9.84 Å². The molecule has 5 nitrogen and oxygen atoms in total. The zero-order chi connectivity index (χ0) is 15.2. The second-order valence-electron chi connectivity index (χ2n) is 4.83.